The summed E-state index contributed by atoms with van der Waals surface area (Å²) in [7, 11) is 0. The fourth-order valence-corrected chi connectivity index (χ4v) is 3.68. The van der Waals surface area contributed by atoms with E-state index in [1.54, 1.807) is 0 Å². The summed E-state index contributed by atoms with van der Waals surface area (Å²) in [6.45, 7) is 15.2. The van der Waals surface area contributed by atoms with Gasteiger partial charge in [0.05, 0.1) is 6.61 Å². The van der Waals surface area contributed by atoms with Gasteiger partial charge in [-0.3, -0.25) is 0 Å². The lowest BCUT2D eigenvalue weighted by molar-refractivity contribution is -0.0652. The average Bonchev–Trinajstić information content (AvgIpc) is 2.56. The van der Waals surface area contributed by atoms with Gasteiger partial charge in [0.15, 0.2) is 6.29 Å². The van der Waals surface area contributed by atoms with E-state index in [0.717, 1.165) is 18.6 Å². The molecule has 0 saturated heterocycles. The Morgan fingerprint density at radius 2 is 1.88 bits per heavy atom. The van der Waals surface area contributed by atoms with Crippen LogP contribution >= 0.6 is 11.8 Å². The molecule has 140 valence electrons. The number of allylic oxidation sites excluding steroid dienone is 2. The van der Waals surface area contributed by atoms with Crippen molar-refractivity contribution in [1.29, 1.82) is 0 Å². The third kappa shape index (κ3) is 8.64. The standard InChI is InChI=1S/C22H34O2S/c1-8-18(9-2)14-15-23-17(3)24-20-12-10-19(11-13-20)21(25-7)16-22(4,5)6/h8-13,17,21H,1,14-16H2,2-7H3/b18-9+. The average molecular weight is 363 g/mol. The van der Waals surface area contributed by atoms with Crippen LogP contribution in [-0.2, 0) is 4.74 Å². The number of benzene rings is 1. The van der Waals surface area contributed by atoms with Crippen LogP contribution in [0.1, 0.15) is 58.3 Å². The van der Waals surface area contributed by atoms with Gasteiger partial charge in [0, 0.05) is 5.25 Å². The lowest BCUT2D eigenvalue weighted by Gasteiger charge is -2.25. The summed E-state index contributed by atoms with van der Waals surface area (Å²) in [6.07, 6.45) is 7.85. The molecule has 2 nitrogen and oxygen atoms in total. The molecule has 1 aromatic rings. The highest BCUT2D eigenvalue weighted by molar-refractivity contribution is 7.98. The minimum atomic E-state index is -0.264. The molecule has 0 aliphatic carbocycles. The van der Waals surface area contributed by atoms with Gasteiger partial charge >= 0.3 is 0 Å². The molecule has 25 heavy (non-hydrogen) atoms. The molecule has 2 unspecified atom stereocenters. The SMILES string of the molecule is C=C/C(=C\C)CCOC(C)Oc1ccc(C(CC(C)(C)C)SC)cc1. The van der Waals surface area contributed by atoms with E-state index in [0.29, 0.717) is 17.3 Å². The number of hydrogen-bond donors (Lipinski definition) is 0. The maximum Gasteiger partial charge on any atom is 0.196 e. The van der Waals surface area contributed by atoms with E-state index in [9.17, 15) is 0 Å². The second-order valence-electron chi connectivity index (χ2n) is 7.43. The molecule has 0 spiro atoms. The minimum Gasteiger partial charge on any atom is -0.465 e. The Labute approximate surface area is 158 Å². The minimum absolute atomic E-state index is 0.264. The topological polar surface area (TPSA) is 18.5 Å². The van der Waals surface area contributed by atoms with Crippen LogP contribution < -0.4 is 4.74 Å². The zero-order valence-electron chi connectivity index (χ0n) is 16.7. The van der Waals surface area contributed by atoms with Crippen molar-refractivity contribution in [2.24, 2.45) is 5.41 Å². The predicted molar refractivity (Wildman–Crippen MR) is 111 cm³/mol. The Hall–Kier alpha value is -1.19. The summed E-state index contributed by atoms with van der Waals surface area (Å²) in [4.78, 5) is 0. The molecule has 0 bridgehead atoms. The molecule has 0 amide bonds. The summed E-state index contributed by atoms with van der Waals surface area (Å²) in [5, 5.41) is 0.515. The zero-order valence-corrected chi connectivity index (χ0v) is 17.5. The summed E-state index contributed by atoms with van der Waals surface area (Å²) in [5.74, 6) is 0.849. The maximum atomic E-state index is 5.86. The van der Waals surface area contributed by atoms with Crippen LogP contribution in [0.15, 0.2) is 48.6 Å². The van der Waals surface area contributed by atoms with Crippen molar-refractivity contribution in [3.8, 4) is 5.75 Å². The molecule has 0 aliphatic rings. The zero-order chi connectivity index (χ0) is 18.9. The Kier molecular flexibility index (Phi) is 9.37. The molecule has 0 radical (unpaired) electrons. The molecule has 0 saturated carbocycles. The lowest BCUT2D eigenvalue weighted by Crippen LogP contribution is -2.17. The van der Waals surface area contributed by atoms with Crippen LogP contribution in [0.5, 0.6) is 5.75 Å². The van der Waals surface area contributed by atoms with Gasteiger partial charge in [0.1, 0.15) is 5.75 Å². The molecule has 0 heterocycles. The molecular formula is C22H34O2S. The first kappa shape index (κ1) is 21.9. The fraction of sp³-hybridized carbons (Fsp3) is 0.545. The molecule has 0 aliphatic heterocycles. The number of hydrogen-bond acceptors (Lipinski definition) is 3. The van der Waals surface area contributed by atoms with E-state index in [4.69, 9.17) is 9.47 Å². The normalized spacial score (nSPS) is 14.9. The van der Waals surface area contributed by atoms with Crippen LogP contribution in [0.3, 0.4) is 0 Å². The predicted octanol–water partition coefficient (Wildman–Crippen LogP) is 6.79. The van der Waals surface area contributed by atoms with E-state index >= 15 is 0 Å². The van der Waals surface area contributed by atoms with Crippen LogP contribution in [0.2, 0.25) is 0 Å². The Morgan fingerprint density at radius 1 is 1.24 bits per heavy atom. The molecule has 0 aromatic heterocycles. The van der Waals surface area contributed by atoms with Crippen LogP contribution in [0.4, 0.5) is 0 Å². The molecule has 0 fully saturated rings. The van der Waals surface area contributed by atoms with Crippen LogP contribution in [0.25, 0.3) is 0 Å². The van der Waals surface area contributed by atoms with Crippen LogP contribution in [-0.4, -0.2) is 19.2 Å². The van der Waals surface area contributed by atoms with Crippen molar-refractivity contribution in [3.05, 3.63) is 54.1 Å². The van der Waals surface area contributed by atoms with Gasteiger partial charge in [-0.2, -0.15) is 11.8 Å². The number of ether oxygens (including phenoxy) is 2. The van der Waals surface area contributed by atoms with E-state index < -0.39 is 0 Å². The lowest BCUT2D eigenvalue weighted by atomic mass is 9.88. The summed E-state index contributed by atoms with van der Waals surface area (Å²) >= 11 is 1.91. The maximum absolute atomic E-state index is 5.86. The van der Waals surface area contributed by atoms with Crippen LogP contribution in [0, 0.1) is 5.41 Å². The van der Waals surface area contributed by atoms with Crippen molar-refractivity contribution < 1.29 is 9.47 Å². The quantitative estimate of drug-likeness (QED) is 0.337. The smallest absolute Gasteiger partial charge is 0.196 e. The molecule has 3 heteroatoms. The molecule has 1 rings (SSSR count). The van der Waals surface area contributed by atoms with Gasteiger partial charge < -0.3 is 9.47 Å². The Bertz CT molecular complexity index is 540. The van der Waals surface area contributed by atoms with E-state index in [1.807, 2.05) is 43.8 Å². The van der Waals surface area contributed by atoms with E-state index in [1.165, 1.54) is 11.1 Å². The highest BCUT2D eigenvalue weighted by Crippen LogP contribution is 2.38. The first-order chi connectivity index (χ1) is 11.8. The third-order valence-electron chi connectivity index (χ3n) is 4.01. The molecular weight excluding hydrogens is 328 g/mol. The molecule has 0 N–H and O–H groups in total. The Balaban J connectivity index is 2.54. The first-order valence-corrected chi connectivity index (χ1v) is 10.3. The van der Waals surface area contributed by atoms with Gasteiger partial charge in [-0.1, -0.05) is 57.2 Å². The monoisotopic (exact) mass is 362 g/mol. The summed E-state index contributed by atoms with van der Waals surface area (Å²) in [5.41, 5.74) is 2.87. The third-order valence-corrected chi connectivity index (χ3v) is 5.02. The van der Waals surface area contributed by atoms with Gasteiger partial charge in [0.2, 0.25) is 0 Å². The summed E-state index contributed by atoms with van der Waals surface area (Å²) in [6, 6.07) is 8.43. The first-order valence-electron chi connectivity index (χ1n) is 8.97. The molecule has 2 atom stereocenters. The van der Waals surface area contributed by atoms with Gasteiger partial charge in [0.25, 0.3) is 0 Å². The van der Waals surface area contributed by atoms with Crippen molar-refractivity contribution in [2.75, 3.05) is 12.9 Å². The summed E-state index contributed by atoms with van der Waals surface area (Å²) < 4.78 is 11.6. The fourth-order valence-electron chi connectivity index (χ4n) is 2.59. The Morgan fingerprint density at radius 3 is 2.36 bits per heavy atom. The largest absolute Gasteiger partial charge is 0.465 e. The van der Waals surface area contributed by atoms with Gasteiger partial charge in [-0.05, 0) is 56.1 Å². The number of thioether (sulfide) groups is 1. The highest BCUT2D eigenvalue weighted by atomic mass is 32.2. The van der Waals surface area contributed by atoms with Gasteiger partial charge in [-0.25, -0.2) is 0 Å². The highest BCUT2D eigenvalue weighted by Gasteiger charge is 2.19. The van der Waals surface area contributed by atoms with E-state index in [2.05, 4.69) is 51.8 Å². The molecule has 1 aromatic carbocycles. The van der Waals surface area contributed by atoms with Crippen molar-refractivity contribution in [2.45, 2.75) is 59.0 Å². The second kappa shape index (κ2) is 10.7. The second-order valence-corrected chi connectivity index (χ2v) is 8.47. The van der Waals surface area contributed by atoms with Gasteiger partial charge in [-0.15, -0.1) is 0 Å². The van der Waals surface area contributed by atoms with E-state index in [-0.39, 0.29) is 6.29 Å². The van der Waals surface area contributed by atoms with Crippen molar-refractivity contribution in [3.63, 3.8) is 0 Å². The van der Waals surface area contributed by atoms with Crippen molar-refractivity contribution in [1.82, 2.24) is 0 Å². The van der Waals surface area contributed by atoms with Crippen molar-refractivity contribution >= 4 is 11.8 Å². The number of rotatable bonds is 10.